The molecule has 0 aromatic heterocycles. The predicted molar refractivity (Wildman–Crippen MR) is 81.4 cm³/mol. The number of hydrogen-bond donors (Lipinski definition) is 2. The third-order valence-electron chi connectivity index (χ3n) is 7.37. The first kappa shape index (κ1) is 13.6. The Morgan fingerprint density at radius 3 is 2.45 bits per heavy atom. The molecule has 0 spiro atoms. The molecule has 4 saturated carbocycles. The molecular formula is C18H31NO. The van der Waals surface area contributed by atoms with Gasteiger partial charge in [0.25, 0.3) is 0 Å². The normalized spacial score (nSPS) is 50.5. The first-order valence-electron chi connectivity index (χ1n) is 9.21. The van der Waals surface area contributed by atoms with Crippen molar-refractivity contribution < 1.29 is 5.11 Å². The van der Waals surface area contributed by atoms with Crippen LogP contribution in [0.4, 0.5) is 0 Å². The van der Waals surface area contributed by atoms with Gasteiger partial charge in [-0.2, -0.15) is 0 Å². The zero-order valence-electron chi connectivity index (χ0n) is 12.8. The minimum Gasteiger partial charge on any atom is -0.396 e. The van der Waals surface area contributed by atoms with Crippen LogP contribution in [-0.2, 0) is 0 Å². The van der Waals surface area contributed by atoms with E-state index in [0.29, 0.717) is 12.5 Å². The molecule has 2 bridgehead atoms. The molecule has 0 aromatic carbocycles. The molecule has 114 valence electrons. The summed E-state index contributed by atoms with van der Waals surface area (Å²) in [4.78, 5) is 0. The molecular weight excluding hydrogens is 246 g/mol. The lowest BCUT2D eigenvalue weighted by molar-refractivity contribution is 0.123. The summed E-state index contributed by atoms with van der Waals surface area (Å²) >= 11 is 0. The maximum atomic E-state index is 9.55. The van der Waals surface area contributed by atoms with Crippen molar-refractivity contribution in [2.45, 2.75) is 63.8 Å². The molecule has 0 aliphatic heterocycles. The molecule has 20 heavy (non-hydrogen) atoms. The Kier molecular flexibility index (Phi) is 3.80. The van der Waals surface area contributed by atoms with Crippen LogP contribution < -0.4 is 5.32 Å². The molecule has 0 amide bonds. The Morgan fingerprint density at radius 2 is 1.60 bits per heavy atom. The largest absolute Gasteiger partial charge is 0.396 e. The summed E-state index contributed by atoms with van der Waals surface area (Å²) in [7, 11) is 0. The summed E-state index contributed by atoms with van der Waals surface area (Å²) in [6, 6.07) is 0.820. The molecule has 0 heterocycles. The van der Waals surface area contributed by atoms with Gasteiger partial charge >= 0.3 is 0 Å². The average Bonchev–Trinajstić information content (AvgIpc) is 3.17. The number of hydrogen-bond acceptors (Lipinski definition) is 2. The molecule has 2 heteroatoms. The Morgan fingerprint density at radius 1 is 0.800 bits per heavy atom. The second kappa shape index (κ2) is 5.61. The van der Waals surface area contributed by atoms with E-state index < -0.39 is 0 Å². The smallest absolute Gasteiger partial charge is 0.0462 e. The van der Waals surface area contributed by atoms with E-state index in [1.165, 1.54) is 64.3 Å². The van der Waals surface area contributed by atoms with E-state index in [4.69, 9.17) is 0 Å². The molecule has 0 aromatic rings. The van der Waals surface area contributed by atoms with Gasteiger partial charge < -0.3 is 10.4 Å². The maximum absolute atomic E-state index is 9.55. The van der Waals surface area contributed by atoms with Crippen LogP contribution in [0.15, 0.2) is 0 Å². The van der Waals surface area contributed by atoms with E-state index in [0.717, 1.165) is 35.6 Å². The highest BCUT2D eigenvalue weighted by atomic mass is 16.3. The first-order chi connectivity index (χ1) is 9.86. The Bertz CT molecular complexity index is 344. The highest BCUT2D eigenvalue weighted by molar-refractivity contribution is 5.05. The third-order valence-corrected chi connectivity index (χ3v) is 7.37. The van der Waals surface area contributed by atoms with Gasteiger partial charge in [-0.15, -0.1) is 0 Å². The van der Waals surface area contributed by atoms with Crippen molar-refractivity contribution in [2.75, 3.05) is 13.2 Å². The van der Waals surface area contributed by atoms with Crippen LogP contribution in [0.25, 0.3) is 0 Å². The number of fused-ring (bicyclic) bond motifs is 5. The number of rotatable bonds is 4. The fourth-order valence-corrected chi connectivity index (χ4v) is 6.40. The third kappa shape index (κ3) is 2.23. The minimum absolute atomic E-state index is 0.410. The van der Waals surface area contributed by atoms with Crippen LogP contribution in [0.1, 0.15) is 57.8 Å². The minimum atomic E-state index is 0.410. The zero-order valence-corrected chi connectivity index (χ0v) is 12.8. The van der Waals surface area contributed by atoms with Gasteiger partial charge in [-0.25, -0.2) is 0 Å². The van der Waals surface area contributed by atoms with Crippen LogP contribution >= 0.6 is 0 Å². The van der Waals surface area contributed by atoms with E-state index >= 15 is 0 Å². The highest BCUT2D eigenvalue weighted by Crippen LogP contribution is 2.58. The number of aliphatic hydroxyl groups excluding tert-OH is 1. The average molecular weight is 277 g/mol. The van der Waals surface area contributed by atoms with Crippen molar-refractivity contribution >= 4 is 0 Å². The number of nitrogens with one attached hydrogen (secondary N) is 1. The topological polar surface area (TPSA) is 32.3 Å². The van der Waals surface area contributed by atoms with E-state index in [2.05, 4.69) is 5.32 Å². The summed E-state index contributed by atoms with van der Waals surface area (Å²) in [5, 5.41) is 13.5. The molecule has 2 nitrogen and oxygen atoms in total. The molecule has 2 N–H and O–H groups in total. The standard InChI is InChI=1S/C18H31NO/c20-11-13-5-2-1-4-12(13)10-19-18-9-14-8-17(18)16-7-3-6-15(14)16/h12-20H,1-11H2. The quantitative estimate of drug-likeness (QED) is 0.827. The van der Waals surface area contributed by atoms with Gasteiger partial charge in [-0.3, -0.25) is 0 Å². The van der Waals surface area contributed by atoms with Gasteiger partial charge in [0.2, 0.25) is 0 Å². The lowest BCUT2D eigenvalue weighted by Crippen LogP contribution is -2.43. The fraction of sp³-hybridized carbons (Fsp3) is 1.00. The van der Waals surface area contributed by atoms with Gasteiger partial charge in [0.1, 0.15) is 0 Å². The second-order valence-electron chi connectivity index (χ2n) is 8.16. The van der Waals surface area contributed by atoms with Crippen molar-refractivity contribution in [3.05, 3.63) is 0 Å². The summed E-state index contributed by atoms with van der Waals surface area (Å²) in [5.74, 6) is 5.57. The van der Waals surface area contributed by atoms with E-state index in [1.54, 1.807) is 0 Å². The molecule has 0 saturated heterocycles. The predicted octanol–water partition coefficient (Wildman–Crippen LogP) is 3.20. The molecule has 4 aliphatic rings. The summed E-state index contributed by atoms with van der Waals surface area (Å²) in [6.07, 6.45) is 12.9. The van der Waals surface area contributed by atoms with Crippen molar-refractivity contribution in [2.24, 2.45) is 35.5 Å². The zero-order chi connectivity index (χ0) is 13.5. The first-order valence-corrected chi connectivity index (χ1v) is 9.21. The lowest BCUT2D eigenvalue weighted by Gasteiger charge is -2.35. The van der Waals surface area contributed by atoms with Crippen molar-refractivity contribution in [1.29, 1.82) is 0 Å². The number of aliphatic hydroxyl groups is 1. The van der Waals surface area contributed by atoms with Crippen LogP contribution in [0, 0.1) is 35.5 Å². The van der Waals surface area contributed by atoms with Gasteiger partial charge in [-0.1, -0.05) is 19.3 Å². The Labute approximate surface area is 123 Å². The van der Waals surface area contributed by atoms with E-state index in [9.17, 15) is 5.11 Å². The SMILES string of the molecule is OCC1CCCCC1CNC1CC2CC1C1CCCC21. The van der Waals surface area contributed by atoms with Crippen LogP contribution in [-0.4, -0.2) is 24.3 Å². The molecule has 7 atom stereocenters. The summed E-state index contributed by atoms with van der Waals surface area (Å²) < 4.78 is 0. The molecule has 4 aliphatic carbocycles. The maximum Gasteiger partial charge on any atom is 0.0462 e. The van der Waals surface area contributed by atoms with Gasteiger partial charge in [-0.05, 0) is 80.6 Å². The summed E-state index contributed by atoms with van der Waals surface area (Å²) in [6.45, 7) is 1.59. The van der Waals surface area contributed by atoms with E-state index in [1.807, 2.05) is 0 Å². The molecule has 4 fully saturated rings. The Hall–Kier alpha value is -0.0800. The van der Waals surface area contributed by atoms with Crippen molar-refractivity contribution in [1.82, 2.24) is 5.32 Å². The van der Waals surface area contributed by atoms with Gasteiger partial charge in [0.15, 0.2) is 0 Å². The lowest BCUT2D eigenvalue weighted by atomic mass is 9.77. The van der Waals surface area contributed by atoms with E-state index in [-0.39, 0.29) is 0 Å². The van der Waals surface area contributed by atoms with Crippen LogP contribution in [0.3, 0.4) is 0 Å². The van der Waals surface area contributed by atoms with Crippen molar-refractivity contribution in [3.8, 4) is 0 Å². The van der Waals surface area contributed by atoms with Crippen molar-refractivity contribution in [3.63, 3.8) is 0 Å². The fourth-order valence-electron chi connectivity index (χ4n) is 6.40. The monoisotopic (exact) mass is 277 g/mol. The molecule has 0 radical (unpaired) electrons. The van der Waals surface area contributed by atoms with Gasteiger partial charge in [0, 0.05) is 12.6 Å². The van der Waals surface area contributed by atoms with Crippen LogP contribution in [0.2, 0.25) is 0 Å². The van der Waals surface area contributed by atoms with Gasteiger partial charge in [0.05, 0.1) is 0 Å². The van der Waals surface area contributed by atoms with Crippen LogP contribution in [0.5, 0.6) is 0 Å². The highest BCUT2D eigenvalue weighted by Gasteiger charge is 2.53. The molecule has 7 unspecified atom stereocenters. The molecule has 4 rings (SSSR count). The Balaban J connectivity index is 1.32. The summed E-state index contributed by atoms with van der Waals surface area (Å²) in [5.41, 5.74) is 0. The second-order valence-corrected chi connectivity index (χ2v) is 8.16.